The molecule has 2 aliphatic carbocycles. The van der Waals surface area contributed by atoms with Crippen molar-refractivity contribution in [3.63, 3.8) is 0 Å². The van der Waals surface area contributed by atoms with E-state index in [9.17, 15) is 9.59 Å². The number of rotatable bonds is 5. The molecule has 5 heteroatoms. The van der Waals surface area contributed by atoms with E-state index in [0.717, 1.165) is 12.8 Å². The van der Waals surface area contributed by atoms with Crippen LogP contribution in [0.2, 0.25) is 0 Å². The van der Waals surface area contributed by atoms with Crippen LogP contribution in [0.15, 0.2) is 0 Å². The number of carboxylic acid groups (broad SMARTS) is 1. The molecule has 118 valence electrons. The van der Waals surface area contributed by atoms with Crippen LogP contribution < -0.4 is 0 Å². The molecule has 21 heavy (non-hydrogen) atoms. The Morgan fingerprint density at radius 1 is 1.05 bits per heavy atom. The lowest BCUT2D eigenvalue weighted by molar-refractivity contribution is -0.141. The van der Waals surface area contributed by atoms with Crippen LogP contribution in [0.4, 0.5) is 0 Å². The topological polar surface area (TPSA) is 66.8 Å². The predicted molar refractivity (Wildman–Crippen MR) is 76.7 cm³/mol. The normalized spacial score (nSPS) is 32.3. The van der Waals surface area contributed by atoms with Gasteiger partial charge in [-0.3, -0.25) is 9.59 Å². The van der Waals surface area contributed by atoms with Crippen molar-refractivity contribution in [2.24, 2.45) is 17.8 Å². The first kappa shape index (κ1) is 14.8. The van der Waals surface area contributed by atoms with Crippen LogP contribution in [-0.2, 0) is 14.3 Å². The van der Waals surface area contributed by atoms with Gasteiger partial charge in [-0.15, -0.1) is 0 Å². The van der Waals surface area contributed by atoms with Gasteiger partial charge in [0.2, 0.25) is 5.91 Å². The molecule has 0 aromatic rings. The van der Waals surface area contributed by atoms with Gasteiger partial charge in [-0.2, -0.15) is 0 Å². The van der Waals surface area contributed by atoms with Gasteiger partial charge in [-0.1, -0.05) is 12.8 Å². The lowest BCUT2D eigenvalue weighted by Crippen LogP contribution is -2.45. The summed E-state index contributed by atoms with van der Waals surface area (Å²) in [5.41, 5.74) is 0. The summed E-state index contributed by atoms with van der Waals surface area (Å²) in [6, 6.07) is 0.174. The summed E-state index contributed by atoms with van der Waals surface area (Å²) < 4.78 is 5.37. The second-order valence-electron chi connectivity index (χ2n) is 6.66. The molecule has 1 aliphatic heterocycles. The summed E-state index contributed by atoms with van der Waals surface area (Å²) in [5.74, 6) is 0.745. The standard InChI is InChI=1S/C16H25NO4/c18-14(19)5-8-17(11-6-9-21-10-7-11)16(20)15-12-3-1-2-4-13(12)15/h11-13,15H,1-10H2,(H,18,19)/t12-,13-/m1/s1. The van der Waals surface area contributed by atoms with E-state index in [-0.39, 0.29) is 24.3 Å². The lowest BCUT2D eigenvalue weighted by Gasteiger charge is -2.34. The second-order valence-corrected chi connectivity index (χ2v) is 6.66. The van der Waals surface area contributed by atoms with Crippen LogP contribution in [0.5, 0.6) is 0 Å². The molecule has 1 saturated heterocycles. The fraction of sp³-hybridized carbons (Fsp3) is 0.875. The monoisotopic (exact) mass is 295 g/mol. The van der Waals surface area contributed by atoms with E-state index in [4.69, 9.17) is 9.84 Å². The molecule has 1 heterocycles. The summed E-state index contributed by atoms with van der Waals surface area (Å²) in [6.45, 7) is 1.72. The smallest absolute Gasteiger partial charge is 0.305 e. The van der Waals surface area contributed by atoms with Gasteiger partial charge < -0.3 is 14.7 Å². The summed E-state index contributed by atoms with van der Waals surface area (Å²) in [5, 5.41) is 8.94. The highest BCUT2D eigenvalue weighted by molar-refractivity contribution is 5.83. The number of carbonyl (C=O) groups is 2. The second kappa shape index (κ2) is 6.34. The first-order valence-corrected chi connectivity index (χ1v) is 8.28. The summed E-state index contributed by atoms with van der Waals surface area (Å²) >= 11 is 0. The van der Waals surface area contributed by atoms with Gasteiger partial charge in [0, 0.05) is 31.7 Å². The van der Waals surface area contributed by atoms with E-state index in [1.807, 2.05) is 4.90 Å². The number of hydrogen-bond donors (Lipinski definition) is 1. The van der Waals surface area contributed by atoms with Crippen LogP contribution in [0.1, 0.15) is 44.9 Å². The molecular weight excluding hydrogens is 270 g/mol. The number of carboxylic acids is 1. The van der Waals surface area contributed by atoms with E-state index >= 15 is 0 Å². The van der Waals surface area contributed by atoms with Crippen LogP contribution >= 0.6 is 0 Å². The molecule has 0 bridgehead atoms. The fourth-order valence-electron chi connectivity index (χ4n) is 4.24. The molecule has 0 aromatic heterocycles. The molecule has 3 aliphatic rings. The van der Waals surface area contributed by atoms with Gasteiger partial charge in [-0.05, 0) is 37.5 Å². The average Bonchev–Trinajstić information content (AvgIpc) is 3.22. The van der Waals surface area contributed by atoms with Crippen molar-refractivity contribution in [1.29, 1.82) is 0 Å². The first-order valence-electron chi connectivity index (χ1n) is 8.28. The summed E-state index contributed by atoms with van der Waals surface area (Å²) in [4.78, 5) is 25.6. The van der Waals surface area contributed by atoms with Crippen molar-refractivity contribution in [2.75, 3.05) is 19.8 Å². The minimum atomic E-state index is -0.826. The highest BCUT2D eigenvalue weighted by Gasteiger charge is 2.56. The molecule has 0 radical (unpaired) electrons. The zero-order valence-electron chi connectivity index (χ0n) is 12.5. The highest BCUT2D eigenvalue weighted by atomic mass is 16.5. The largest absolute Gasteiger partial charge is 0.481 e. The van der Waals surface area contributed by atoms with Gasteiger partial charge in [0.1, 0.15) is 0 Å². The van der Waals surface area contributed by atoms with E-state index in [1.54, 1.807) is 0 Å². The summed E-state index contributed by atoms with van der Waals surface area (Å²) in [6.07, 6.45) is 6.59. The van der Waals surface area contributed by atoms with Crippen LogP contribution in [0.3, 0.4) is 0 Å². The van der Waals surface area contributed by atoms with E-state index in [1.165, 1.54) is 25.7 Å². The molecule has 3 rings (SSSR count). The highest BCUT2D eigenvalue weighted by Crippen LogP contribution is 2.56. The number of aliphatic carboxylic acids is 1. The molecule has 0 aromatic carbocycles. The lowest BCUT2D eigenvalue weighted by atomic mass is 10.0. The van der Waals surface area contributed by atoms with Crippen LogP contribution in [0, 0.1) is 17.8 Å². The van der Waals surface area contributed by atoms with E-state index < -0.39 is 5.97 Å². The van der Waals surface area contributed by atoms with Gasteiger partial charge in [0.05, 0.1) is 6.42 Å². The Hall–Kier alpha value is -1.10. The Kier molecular flexibility index (Phi) is 4.48. The molecule has 2 atom stereocenters. The number of fused-ring (bicyclic) bond motifs is 1. The zero-order valence-corrected chi connectivity index (χ0v) is 12.5. The third kappa shape index (κ3) is 3.23. The molecule has 1 amide bonds. The minimum absolute atomic E-state index is 0.0468. The zero-order chi connectivity index (χ0) is 14.8. The third-order valence-corrected chi connectivity index (χ3v) is 5.42. The van der Waals surface area contributed by atoms with Crippen molar-refractivity contribution in [2.45, 2.75) is 51.0 Å². The molecular formula is C16H25NO4. The minimum Gasteiger partial charge on any atom is -0.481 e. The molecule has 3 fully saturated rings. The van der Waals surface area contributed by atoms with Gasteiger partial charge in [-0.25, -0.2) is 0 Å². The quantitative estimate of drug-likeness (QED) is 0.841. The maximum absolute atomic E-state index is 12.9. The van der Waals surface area contributed by atoms with Crippen LogP contribution in [0.25, 0.3) is 0 Å². The number of amides is 1. The van der Waals surface area contributed by atoms with Crippen molar-refractivity contribution >= 4 is 11.9 Å². The Bertz CT molecular complexity index is 393. The van der Waals surface area contributed by atoms with Crippen molar-refractivity contribution < 1.29 is 19.4 Å². The molecule has 2 saturated carbocycles. The number of hydrogen-bond acceptors (Lipinski definition) is 3. The molecule has 0 spiro atoms. The van der Waals surface area contributed by atoms with Crippen molar-refractivity contribution in [1.82, 2.24) is 4.90 Å². The molecule has 5 nitrogen and oxygen atoms in total. The Morgan fingerprint density at radius 2 is 1.67 bits per heavy atom. The number of ether oxygens (including phenoxy) is 1. The fourth-order valence-corrected chi connectivity index (χ4v) is 4.24. The summed E-state index contributed by atoms with van der Waals surface area (Å²) in [7, 11) is 0. The maximum Gasteiger partial charge on any atom is 0.305 e. The van der Waals surface area contributed by atoms with E-state index in [2.05, 4.69) is 0 Å². The van der Waals surface area contributed by atoms with E-state index in [0.29, 0.717) is 31.6 Å². The van der Waals surface area contributed by atoms with Crippen molar-refractivity contribution in [3.05, 3.63) is 0 Å². The molecule has 1 N–H and O–H groups in total. The van der Waals surface area contributed by atoms with Crippen LogP contribution in [-0.4, -0.2) is 47.7 Å². The Morgan fingerprint density at radius 3 is 2.24 bits per heavy atom. The van der Waals surface area contributed by atoms with Gasteiger partial charge >= 0.3 is 5.97 Å². The number of nitrogens with zero attached hydrogens (tertiary/aromatic N) is 1. The first-order chi connectivity index (χ1) is 10.2. The Balaban J connectivity index is 1.65. The van der Waals surface area contributed by atoms with Gasteiger partial charge in [0.15, 0.2) is 0 Å². The maximum atomic E-state index is 12.9. The van der Waals surface area contributed by atoms with Gasteiger partial charge in [0.25, 0.3) is 0 Å². The third-order valence-electron chi connectivity index (χ3n) is 5.42. The molecule has 0 unspecified atom stereocenters. The number of carbonyl (C=O) groups excluding carboxylic acids is 1. The average molecular weight is 295 g/mol. The Labute approximate surface area is 125 Å². The predicted octanol–water partition coefficient (Wildman–Crippen LogP) is 1.90. The SMILES string of the molecule is O=C(O)CCN(C(=O)C1[C@@H]2CCCC[C@@H]12)C1CCOCC1. The van der Waals surface area contributed by atoms with Crippen molar-refractivity contribution in [3.8, 4) is 0 Å².